The molecule has 5 rings (SSSR count). The number of aromatic nitrogens is 3. The number of nitrogens with zero attached hydrogens (tertiary/aromatic N) is 5. The second kappa shape index (κ2) is 8.84. The number of hydrogen-bond donors (Lipinski definition) is 1. The molecular formula is C25H24N6O2. The molecule has 0 radical (unpaired) electrons. The Morgan fingerprint density at radius 3 is 2.24 bits per heavy atom. The summed E-state index contributed by atoms with van der Waals surface area (Å²) in [4.78, 5) is 38.4. The molecule has 3 heterocycles. The van der Waals surface area contributed by atoms with Crippen molar-refractivity contribution in [3.05, 3.63) is 90.0 Å². The Labute approximate surface area is 191 Å². The summed E-state index contributed by atoms with van der Waals surface area (Å²) in [6.45, 7) is 3.68. The topological polar surface area (TPSA) is 96.8 Å². The first-order valence-electron chi connectivity index (χ1n) is 10.9. The van der Waals surface area contributed by atoms with E-state index in [4.69, 9.17) is 5.73 Å². The van der Waals surface area contributed by atoms with Crippen molar-refractivity contribution in [2.24, 2.45) is 5.73 Å². The van der Waals surface area contributed by atoms with E-state index in [1.54, 1.807) is 10.5 Å². The van der Waals surface area contributed by atoms with Crippen LogP contribution in [0.25, 0.3) is 16.9 Å². The van der Waals surface area contributed by atoms with E-state index in [1.165, 1.54) is 11.9 Å². The Balaban J connectivity index is 1.43. The van der Waals surface area contributed by atoms with E-state index in [-0.39, 0.29) is 17.2 Å². The van der Waals surface area contributed by atoms with Crippen molar-refractivity contribution in [2.45, 2.75) is 6.54 Å². The maximum atomic E-state index is 13.6. The van der Waals surface area contributed by atoms with E-state index < -0.39 is 5.91 Å². The van der Waals surface area contributed by atoms with Gasteiger partial charge in [-0.1, -0.05) is 60.7 Å². The highest BCUT2D eigenvalue weighted by molar-refractivity contribution is 5.99. The predicted octanol–water partition coefficient (Wildman–Crippen LogP) is 2.45. The molecule has 4 aromatic rings. The molecule has 0 bridgehead atoms. The number of fused-ring (bicyclic) bond motifs is 1. The van der Waals surface area contributed by atoms with Crippen LogP contribution in [0.3, 0.4) is 0 Å². The van der Waals surface area contributed by atoms with Crippen LogP contribution in [0.15, 0.2) is 73.1 Å². The Kier molecular flexibility index (Phi) is 5.58. The first-order chi connectivity index (χ1) is 16.1. The highest BCUT2D eigenvalue weighted by Crippen LogP contribution is 2.22. The lowest BCUT2D eigenvalue weighted by molar-refractivity contribution is 0.0621. The molecule has 1 saturated heterocycles. The molecule has 0 spiro atoms. The van der Waals surface area contributed by atoms with Crippen molar-refractivity contribution in [1.29, 1.82) is 0 Å². The van der Waals surface area contributed by atoms with Crippen LogP contribution in [0.1, 0.15) is 26.5 Å². The Bertz CT molecular complexity index is 1290. The average molecular weight is 441 g/mol. The summed E-state index contributed by atoms with van der Waals surface area (Å²) in [6, 6.07) is 21.6. The maximum Gasteiger partial charge on any atom is 0.271 e. The first kappa shape index (κ1) is 20.8. The van der Waals surface area contributed by atoms with Crippen LogP contribution in [0.5, 0.6) is 0 Å². The number of amides is 2. The molecule has 2 aromatic carbocycles. The van der Waals surface area contributed by atoms with Crippen molar-refractivity contribution < 1.29 is 9.59 Å². The fraction of sp³-hybridized carbons (Fsp3) is 0.200. The van der Waals surface area contributed by atoms with Gasteiger partial charge in [-0.3, -0.25) is 18.9 Å². The lowest BCUT2D eigenvalue weighted by Gasteiger charge is -2.34. The smallest absolute Gasteiger partial charge is 0.271 e. The van der Waals surface area contributed by atoms with Gasteiger partial charge >= 0.3 is 0 Å². The van der Waals surface area contributed by atoms with Gasteiger partial charge in [-0.05, 0) is 11.6 Å². The number of piperazine rings is 1. The van der Waals surface area contributed by atoms with Crippen LogP contribution in [-0.4, -0.2) is 62.2 Å². The summed E-state index contributed by atoms with van der Waals surface area (Å²) in [5.41, 5.74) is 8.96. The van der Waals surface area contributed by atoms with Crippen molar-refractivity contribution in [2.75, 3.05) is 26.2 Å². The van der Waals surface area contributed by atoms with Crippen LogP contribution in [0.4, 0.5) is 0 Å². The summed E-state index contributed by atoms with van der Waals surface area (Å²) in [6.07, 6.45) is 1.44. The Morgan fingerprint density at radius 1 is 0.909 bits per heavy atom. The predicted molar refractivity (Wildman–Crippen MR) is 125 cm³/mol. The molecule has 0 aliphatic carbocycles. The van der Waals surface area contributed by atoms with Gasteiger partial charge in [-0.15, -0.1) is 0 Å². The largest absolute Gasteiger partial charge is 0.364 e. The van der Waals surface area contributed by atoms with Crippen LogP contribution < -0.4 is 5.73 Å². The van der Waals surface area contributed by atoms with Gasteiger partial charge in [-0.2, -0.15) is 0 Å². The Hall–Kier alpha value is -4.04. The zero-order valence-electron chi connectivity index (χ0n) is 18.1. The van der Waals surface area contributed by atoms with Crippen LogP contribution in [-0.2, 0) is 6.54 Å². The summed E-state index contributed by atoms with van der Waals surface area (Å²) < 4.78 is 1.56. The number of primary amides is 1. The van der Waals surface area contributed by atoms with Crippen molar-refractivity contribution in [1.82, 2.24) is 24.2 Å². The van der Waals surface area contributed by atoms with E-state index >= 15 is 0 Å². The Morgan fingerprint density at radius 2 is 1.58 bits per heavy atom. The van der Waals surface area contributed by atoms with E-state index in [0.29, 0.717) is 24.5 Å². The molecule has 8 nitrogen and oxygen atoms in total. The number of nitrogens with two attached hydrogens (primary N) is 1. The quantitative estimate of drug-likeness (QED) is 0.514. The van der Waals surface area contributed by atoms with Gasteiger partial charge in [0.25, 0.3) is 11.8 Å². The fourth-order valence-corrected chi connectivity index (χ4v) is 4.18. The minimum Gasteiger partial charge on any atom is -0.364 e. The van der Waals surface area contributed by atoms with Crippen molar-refractivity contribution >= 4 is 17.5 Å². The standard InChI is InChI=1S/C25H24N6O2/c26-23(32)22-24-28-20(19-9-5-2-6-10-19)15-21(31(24)17-27-22)25(33)30-13-11-29(12-14-30)16-18-7-3-1-4-8-18/h1-10,15,17H,11-14,16H2,(H2,26,32). The van der Waals surface area contributed by atoms with E-state index in [0.717, 1.165) is 25.2 Å². The molecule has 2 amide bonds. The molecule has 33 heavy (non-hydrogen) atoms. The number of imidazole rings is 1. The number of carbonyl (C=O) groups is 2. The number of rotatable bonds is 5. The van der Waals surface area contributed by atoms with Gasteiger partial charge < -0.3 is 10.6 Å². The normalized spacial score (nSPS) is 14.5. The van der Waals surface area contributed by atoms with Crippen molar-refractivity contribution in [3.8, 4) is 11.3 Å². The van der Waals surface area contributed by atoms with Crippen LogP contribution in [0, 0.1) is 0 Å². The van der Waals surface area contributed by atoms with E-state index in [1.807, 2.05) is 53.4 Å². The number of benzene rings is 2. The molecule has 0 atom stereocenters. The SMILES string of the molecule is NC(=O)c1ncn2c(C(=O)N3CCN(Cc4ccccc4)CC3)cc(-c3ccccc3)nc12. The minimum absolute atomic E-state index is 0.0505. The molecule has 2 aromatic heterocycles. The third-order valence-corrected chi connectivity index (χ3v) is 5.93. The highest BCUT2D eigenvalue weighted by atomic mass is 16.2. The summed E-state index contributed by atoms with van der Waals surface area (Å²) in [5, 5.41) is 0. The highest BCUT2D eigenvalue weighted by Gasteiger charge is 2.26. The molecule has 0 unspecified atom stereocenters. The fourth-order valence-electron chi connectivity index (χ4n) is 4.18. The molecule has 8 heteroatoms. The van der Waals surface area contributed by atoms with Gasteiger partial charge in [0, 0.05) is 38.3 Å². The molecule has 1 aliphatic rings. The zero-order valence-corrected chi connectivity index (χ0v) is 18.1. The van der Waals surface area contributed by atoms with Gasteiger partial charge in [0.1, 0.15) is 12.0 Å². The first-order valence-corrected chi connectivity index (χ1v) is 10.9. The maximum absolute atomic E-state index is 13.6. The van der Waals surface area contributed by atoms with E-state index in [9.17, 15) is 9.59 Å². The van der Waals surface area contributed by atoms with Crippen LogP contribution in [0.2, 0.25) is 0 Å². The second-order valence-electron chi connectivity index (χ2n) is 8.10. The van der Waals surface area contributed by atoms with Gasteiger partial charge in [0.05, 0.1) is 5.69 Å². The second-order valence-corrected chi connectivity index (χ2v) is 8.10. The minimum atomic E-state index is -0.678. The van der Waals surface area contributed by atoms with E-state index in [2.05, 4.69) is 27.0 Å². The summed E-state index contributed by atoms with van der Waals surface area (Å²) in [5.74, 6) is -0.796. The molecule has 1 fully saturated rings. The average Bonchev–Trinajstić information content (AvgIpc) is 3.29. The van der Waals surface area contributed by atoms with Gasteiger partial charge in [0.15, 0.2) is 11.3 Å². The third-order valence-electron chi connectivity index (χ3n) is 5.93. The van der Waals surface area contributed by atoms with Gasteiger partial charge in [-0.25, -0.2) is 9.97 Å². The molecule has 0 saturated carbocycles. The summed E-state index contributed by atoms with van der Waals surface area (Å²) in [7, 11) is 0. The third kappa shape index (κ3) is 4.20. The molecule has 166 valence electrons. The molecule has 2 N–H and O–H groups in total. The zero-order chi connectivity index (χ0) is 22.8. The lowest BCUT2D eigenvalue weighted by atomic mass is 10.1. The monoisotopic (exact) mass is 440 g/mol. The summed E-state index contributed by atoms with van der Waals surface area (Å²) >= 11 is 0. The lowest BCUT2D eigenvalue weighted by Crippen LogP contribution is -2.48. The number of hydrogen-bond acceptors (Lipinski definition) is 5. The van der Waals surface area contributed by atoms with Crippen molar-refractivity contribution in [3.63, 3.8) is 0 Å². The van der Waals surface area contributed by atoms with Crippen LogP contribution >= 0.6 is 0 Å². The molecular weight excluding hydrogens is 416 g/mol. The number of carbonyl (C=O) groups excluding carboxylic acids is 2. The molecule has 1 aliphatic heterocycles. The van der Waals surface area contributed by atoms with Gasteiger partial charge in [0.2, 0.25) is 0 Å².